The van der Waals surface area contributed by atoms with Gasteiger partial charge in [-0.2, -0.15) is 0 Å². The number of hydrogen-bond donors (Lipinski definition) is 0. The number of ketones is 2. The molecule has 5 rings (SSSR count). The second-order valence-corrected chi connectivity index (χ2v) is 9.96. The maximum Gasteiger partial charge on any atom is 0.178 e. The van der Waals surface area contributed by atoms with Crippen LogP contribution in [0.15, 0.2) is 23.8 Å². The van der Waals surface area contributed by atoms with Crippen molar-refractivity contribution in [3.05, 3.63) is 23.8 Å². The van der Waals surface area contributed by atoms with E-state index in [9.17, 15) is 9.59 Å². The second kappa shape index (κ2) is 4.96. The Kier molecular flexibility index (Phi) is 3.18. The lowest BCUT2D eigenvalue weighted by atomic mass is 9.45. The zero-order chi connectivity index (χ0) is 17.4. The molecule has 0 aromatic heterocycles. The minimum absolute atomic E-state index is 0.0119. The minimum Gasteiger partial charge on any atom is -0.299 e. The molecule has 4 saturated carbocycles. The molecule has 1 spiro atoms. The Morgan fingerprint density at radius 2 is 1.76 bits per heavy atom. The quantitative estimate of drug-likeness (QED) is 0.620. The summed E-state index contributed by atoms with van der Waals surface area (Å²) in [4.78, 5) is 24.7. The summed E-state index contributed by atoms with van der Waals surface area (Å²) in [5.41, 5.74) is 1.69. The summed E-state index contributed by atoms with van der Waals surface area (Å²) < 4.78 is 0. The van der Waals surface area contributed by atoms with Crippen LogP contribution in [0.25, 0.3) is 0 Å². The summed E-state index contributed by atoms with van der Waals surface area (Å²) in [7, 11) is 0. The Balaban J connectivity index is 1.52. The number of allylic oxidation sites excluding steroid dienone is 4. The first-order valence-corrected chi connectivity index (χ1v) is 10.4. The Bertz CT molecular complexity index is 716. The van der Waals surface area contributed by atoms with Gasteiger partial charge < -0.3 is 0 Å². The lowest BCUT2D eigenvalue weighted by Gasteiger charge is -2.58. The molecule has 5 aliphatic rings. The van der Waals surface area contributed by atoms with Crippen molar-refractivity contribution in [3.63, 3.8) is 0 Å². The van der Waals surface area contributed by atoms with Crippen LogP contribution in [0.5, 0.6) is 0 Å². The highest BCUT2D eigenvalue weighted by molar-refractivity contribution is 6.01. The largest absolute Gasteiger partial charge is 0.299 e. The molecule has 3 unspecified atom stereocenters. The first-order valence-electron chi connectivity index (χ1n) is 10.4. The van der Waals surface area contributed by atoms with Crippen LogP contribution in [-0.2, 0) is 9.59 Å². The van der Waals surface area contributed by atoms with Crippen LogP contribution in [0.2, 0.25) is 0 Å². The highest BCUT2D eigenvalue weighted by atomic mass is 16.1. The molecule has 0 aliphatic heterocycles. The standard InChI is InChI=1S/C23H30O2/c1-21-11-7-16(24)14-15(21)5-6-17-18(21)8-12-22(2)19(17)9-13-23(22)10-3-4-20(23)25/h7,11,14,17-19H,3-6,8-10,12-13H2,1-2H3/t17?,18-,19?,21?,22+,23-/m0/s1. The molecule has 0 aromatic rings. The summed E-state index contributed by atoms with van der Waals surface area (Å²) in [5.74, 6) is 2.84. The van der Waals surface area contributed by atoms with E-state index in [1.807, 2.05) is 6.08 Å². The molecule has 25 heavy (non-hydrogen) atoms. The molecule has 0 N–H and O–H groups in total. The van der Waals surface area contributed by atoms with E-state index in [4.69, 9.17) is 0 Å². The first kappa shape index (κ1) is 16.0. The lowest BCUT2D eigenvalue weighted by Crippen LogP contribution is -2.52. The van der Waals surface area contributed by atoms with Gasteiger partial charge >= 0.3 is 0 Å². The Morgan fingerprint density at radius 1 is 0.960 bits per heavy atom. The average molecular weight is 338 g/mol. The van der Waals surface area contributed by atoms with Crippen LogP contribution in [0.4, 0.5) is 0 Å². The zero-order valence-electron chi connectivity index (χ0n) is 15.6. The molecule has 0 saturated heterocycles. The van der Waals surface area contributed by atoms with E-state index < -0.39 is 0 Å². The van der Waals surface area contributed by atoms with Crippen molar-refractivity contribution in [3.8, 4) is 0 Å². The van der Waals surface area contributed by atoms with Gasteiger partial charge in [0.05, 0.1) is 0 Å². The molecule has 0 heterocycles. The molecular weight excluding hydrogens is 308 g/mol. The summed E-state index contributed by atoms with van der Waals surface area (Å²) in [5, 5.41) is 0. The third-order valence-corrected chi connectivity index (χ3v) is 9.46. The molecule has 0 aromatic carbocycles. The molecule has 2 nitrogen and oxygen atoms in total. The fourth-order valence-electron chi connectivity index (χ4n) is 8.13. The van der Waals surface area contributed by atoms with Gasteiger partial charge in [0.15, 0.2) is 5.78 Å². The molecule has 0 bridgehead atoms. The molecule has 0 radical (unpaired) electrons. The van der Waals surface area contributed by atoms with Crippen molar-refractivity contribution >= 4 is 11.6 Å². The van der Waals surface area contributed by atoms with Gasteiger partial charge in [-0.3, -0.25) is 9.59 Å². The van der Waals surface area contributed by atoms with Crippen LogP contribution in [0.1, 0.15) is 71.6 Å². The van der Waals surface area contributed by atoms with Gasteiger partial charge in [-0.25, -0.2) is 0 Å². The fraction of sp³-hybridized carbons (Fsp3) is 0.739. The van der Waals surface area contributed by atoms with E-state index in [1.165, 1.54) is 31.3 Å². The van der Waals surface area contributed by atoms with Gasteiger partial charge in [-0.1, -0.05) is 25.5 Å². The molecule has 0 amide bonds. The van der Waals surface area contributed by atoms with Crippen molar-refractivity contribution in [2.75, 3.05) is 0 Å². The third-order valence-electron chi connectivity index (χ3n) is 9.46. The van der Waals surface area contributed by atoms with Crippen LogP contribution < -0.4 is 0 Å². The lowest BCUT2D eigenvalue weighted by molar-refractivity contribution is -0.137. The van der Waals surface area contributed by atoms with E-state index in [2.05, 4.69) is 19.9 Å². The first-order chi connectivity index (χ1) is 11.9. The van der Waals surface area contributed by atoms with E-state index in [0.29, 0.717) is 17.6 Å². The van der Waals surface area contributed by atoms with Gasteiger partial charge in [0, 0.05) is 17.3 Å². The van der Waals surface area contributed by atoms with Gasteiger partial charge in [0.25, 0.3) is 0 Å². The Labute approximate surface area is 151 Å². The Hall–Kier alpha value is -1.18. The van der Waals surface area contributed by atoms with Gasteiger partial charge in [-0.15, -0.1) is 0 Å². The monoisotopic (exact) mass is 338 g/mol. The highest BCUT2D eigenvalue weighted by Gasteiger charge is 2.66. The maximum absolute atomic E-state index is 12.9. The minimum atomic E-state index is 0.0119. The summed E-state index contributed by atoms with van der Waals surface area (Å²) >= 11 is 0. The van der Waals surface area contributed by atoms with Crippen molar-refractivity contribution < 1.29 is 9.59 Å². The predicted molar refractivity (Wildman–Crippen MR) is 97.9 cm³/mol. The van der Waals surface area contributed by atoms with E-state index in [0.717, 1.165) is 38.0 Å². The van der Waals surface area contributed by atoms with Gasteiger partial charge in [0.1, 0.15) is 5.78 Å². The number of Topliss-reactive ketones (excluding diaryl/α,β-unsaturated/α-hetero) is 1. The number of hydrogen-bond acceptors (Lipinski definition) is 2. The van der Waals surface area contributed by atoms with Crippen molar-refractivity contribution in [1.82, 2.24) is 0 Å². The third kappa shape index (κ3) is 1.82. The van der Waals surface area contributed by atoms with Crippen molar-refractivity contribution in [2.45, 2.75) is 71.6 Å². The van der Waals surface area contributed by atoms with E-state index in [1.54, 1.807) is 6.08 Å². The summed E-state index contributed by atoms with van der Waals surface area (Å²) in [6, 6.07) is 0. The molecule has 6 atom stereocenters. The summed E-state index contributed by atoms with van der Waals surface area (Å²) in [6.45, 7) is 4.84. The maximum atomic E-state index is 12.9. The normalized spacial score (nSPS) is 51.3. The predicted octanol–water partition coefficient (Wildman–Crippen LogP) is 5.03. The fourth-order valence-corrected chi connectivity index (χ4v) is 8.13. The summed E-state index contributed by atoms with van der Waals surface area (Å²) in [6.07, 6.45) is 16.1. The number of carbonyl (C=O) groups is 2. The van der Waals surface area contributed by atoms with Crippen LogP contribution in [0.3, 0.4) is 0 Å². The van der Waals surface area contributed by atoms with Crippen LogP contribution in [0, 0.1) is 34.0 Å². The van der Waals surface area contributed by atoms with Crippen LogP contribution in [-0.4, -0.2) is 11.6 Å². The SMILES string of the molecule is CC12C=CC(=O)C=C1CCC1C3CC[C@]4(CCCC4=O)[C@]3(C)CC[C@@H]12. The zero-order valence-corrected chi connectivity index (χ0v) is 15.6. The molecular formula is C23H30O2. The highest BCUT2D eigenvalue weighted by Crippen LogP contribution is 2.71. The number of rotatable bonds is 0. The average Bonchev–Trinajstić information content (AvgIpc) is 3.10. The van der Waals surface area contributed by atoms with Gasteiger partial charge in [0.2, 0.25) is 0 Å². The number of fused-ring (bicyclic) bond motifs is 6. The Morgan fingerprint density at radius 3 is 2.52 bits per heavy atom. The number of carbonyl (C=O) groups excluding carboxylic acids is 2. The van der Waals surface area contributed by atoms with E-state index in [-0.39, 0.29) is 22.0 Å². The molecule has 4 fully saturated rings. The van der Waals surface area contributed by atoms with Crippen LogP contribution >= 0.6 is 0 Å². The van der Waals surface area contributed by atoms with E-state index >= 15 is 0 Å². The topological polar surface area (TPSA) is 34.1 Å². The molecule has 5 aliphatic carbocycles. The smallest absolute Gasteiger partial charge is 0.178 e. The van der Waals surface area contributed by atoms with Gasteiger partial charge in [-0.05, 0) is 86.7 Å². The van der Waals surface area contributed by atoms with Crippen molar-refractivity contribution in [1.29, 1.82) is 0 Å². The van der Waals surface area contributed by atoms with Crippen molar-refractivity contribution in [2.24, 2.45) is 34.0 Å². The second-order valence-electron chi connectivity index (χ2n) is 9.96. The molecule has 134 valence electrons. The molecule has 2 heteroatoms.